The first-order valence-electron chi connectivity index (χ1n) is 9.66. The third-order valence-corrected chi connectivity index (χ3v) is 5.27. The van der Waals surface area contributed by atoms with E-state index in [-0.39, 0.29) is 0 Å². The SMILES string of the molecule is CCc1cc(-c2nn[nH]c2-c2ccc3cccnc3c2)cc(CC)c1CC. The van der Waals surface area contributed by atoms with Gasteiger partial charge in [-0.25, -0.2) is 0 Å². The molecule has 0 aliphatic carbocycles. The van der Waals surface area contributed by atoms with Crippen molar-refractivity contribution in [2.45, 2.75) is 40.0 Å². The average molecular weight is 356 g/mol. The molecule has 4 nitrogen and oxygen atoms in total. The minimum Gasteiger partial charge on any atom is -0.257 e. The maximum absolute atomic E-state index is 4.48. The third-order valence-electron chi connectivity index (χ3n) is 5.27. The number of nitrogens with one attached hydrogen (secondary N) is 1. The van der Waals surface area contributed by atoms with Crippen molar-refractivity contribution < 1.29 is 0 Å². The van der Waals surface area contributed by atoms with Gasteiger partial charge in [-0.2, -0.15) is 0 Å². The Morgan fingerprint density at radius 3 is 2.33 bits per heavy atom. The van der Waals surface area contributed by atoms with Crippen molar-refractivity contribution >= 4 is 10.9 Å². The Bertz CT molecular complexity index is 1070. The highest BCUT2D eigenvalue weighted by atomic mass is 15.3. The first-order valence-corrected chi connectivity index (χ1v) is 9.66. The van der Waals surface area contributed by atoms with Gasteiger partial charge in [0, 0.05) is 22.7 Å². The normalized spacial score (nSPS) is 11.2. The van der Waals surface area contributed by atoms with E-state index in [1.54, 1.807) is 0 Å². The minimum absolute atomic E-state index is 0.900. The van der Waals surface area contributed by atoms with Gasteiger partial charge in [0.1, 0.15) is 5.69 Å². The first-order chi connectivity index (χ1) is 13.2. The summed E-state index contributed by atoms with van der Waals surface area (Å²) < 4.78 is 0. The maximum Gasteiger partial charge on any atom is 0.120 e. The number of aromatic nitrogens is 4. The zero-order chi connectivity index (χ0) is 18.8. The molecular formula is C23H24N4. The number of hydrogen-bond donors (Lipinski definition) is 1. The van der Waals surface area contributed by atoms with Crippen LogP contribution in [-0.2, 0) is 19.3 Å². The number of hydrogen-bond acceptors (Lipinski definition) is 3. The van der Waals surface area contributed by atoms with Gasteiger partial charge in [0.05, 0.1) is 11.2 Å². The number of fused-ring (bicyclic) bond motifs is 1. The van der Waals surface area contributed by atoms with Gasteiger partial charge in [0.15, 0.2) is 0 Å². The van der Waals surface area contributed by atoms with Gasteiger partial charge in [-0.15, -0.1) is 5.10 Å². The van der Waals surface area contributed by atoms with Crippen LogP contribution in [0.2, 0.25) is 0 Å². The molecule has 27 heavy (non-hydrogen) atoms. The molecule has 0 fully saturated rings. The minimum atomic E-state index is 0.900. The highest BCUT2D eigenvalue weighted by Gasteiger charge is 2.16. The molecule has 4 aromatic rings. The van der Waals surface area contributed by atoms with E-state index in [0.29, 0.717) is 0 Å². The van der Waals surface area contributed by atoms with Gasteiger partial charge in [-0.3, -0.25) is 10.1 Å². The lowest BCUT2D eigenvalue weighted by molar-refractivity contribution is 0.942. The van der Waals surface area contributed by atoms with Crippen LogP contribution in [-0.4, -0.2) is 20.4 Å². The molecule has 4 heteroatoms. The van der Waals surface area contributed by atoms with Crippen molar-refractivity contribution in [2.75, 3.05) is 0 Å². The fourth-order valence-corrected chi connectivity index (χ4v) is 3.87. The number of pyridine rings is 1. The molecule has 0 saturated carbocycles. The van der Waals surface area contributed by atoms with Crippen LogP contribution in [0.5, 0.6) is 0 Å². The Labute approximate surface area is 159 Å². The predicted octanol–water partition coefficient (Wildman–Crippen LogP) is 5.37. The molecule has 0 saturated heterocycles. The van der Waals surface area contributed by atoms with Crippen LogP contribution >= 0.6 is 0 Å². The van der Waals surface area contributed by atoms with Gasteiger partial charge in [-0.05, 0) is 60.2 Å². The number of nitrogens with zero attached hydrogens (tertiary/aromatic N) is 3. The molecule has 2 heterocycles. The van der Waals surface area contributed by atoms with Gasteiger partial charge in [0.25, 0.3) is 0 Å². The van der Waals surface area contributed by atoms with E-state index in [0.717, 1.165) is 52.7 Å². The monoisotopic (exact) mass is 356 g/mol. The molecule has 0 aliphatic heterocycles. The number of benzene rings is 2. The molecule has 0 bridgehead atoms. The summed E-state index contributed by atoms with van der Waals surface area (Å²) in [5, 5.41) is 12.8. The molecule has 0 spiro atoms. The van der Waals surface area contributed by atoms with Crippen LogP contribution in [0.15, 0.2) is 48.7 Å². The van der Waals surface area contributed by atoms with Crippen LogP contribution in [0.3, 0.4) is 0 Å². The van der Waals surface area contributed by atoms with Crippen LogP contribution in [0.4, 0.5) is 0 Å². The zero-order valence-electron chi connectivity index (χ0n) is 16.1. The average Bonchev–Trinajstić information content (AvgIpc) is 3.22. The van der Waals surface area contributed by atoms with Crippen molar-refractivity contribution in [1.29, 1.82) is 0 Å². The predicted molar refractivity (Wildman–Crippen MR) is 111 cm³/mol. The second-order valence-electron chi connectivity index (χ2n) is 6.78. The first kappa shape index (κ1) is 17.4. The highest BCUT2D eigenvalue weighted by molar-refractivity contribution is 5.86. The standard InChI is InChI=1S/C23H24N4/c1-4-15-12-19(13-16(5-2)20(15)6-3)23-22(25-27-26-23)18-10-9-17-8-7-11-24-21(17)14-18/h7-14H,4-6H2,1-3H3,(H,25,26,27). The molecule has 4 rings (SSSR count). The van der Waals surface area contributed by atoms with E-state index in [9.17, 15) is 0 Å². The number of H-pyrrole nitrogens is 1. The molecule has 0 atom stereocenters. The summed E-state index contributed by atoms with van der Waals surface area (Å²) in [4.78, 5) is 4.48. The van der Waals surface area contributed by atoms with Gasteiger partial charge in [0.2, 0.25) is 0 Å². The molecule has 0 unspecified atom stereocenters. The molecule has 2 aromatic carbocycles. The zero-order valence-corrected chi connectivity index (χ0v) is 16.1. The summed E-state index contributed by atoms with van der Waals surface area (Å²) in [5.41, 5.74) is 9.28. The van der Waals surface area contributed by atoms with Crippen LogP contribution in [0.25, 0.3) is 33.4 Å². The van der Waals surface area contributed by atoms with Crippen LogP contribution < -0.4 is 0 Å². The Kier molecular flexibility index (Phi) is 4.71. The topological polar surface area (TPSA) is 54.5 Å². The third kappa shape index (κ3) is 3.12. The Balaban J connectivity index is 1.86. The summed E-state index contributed by atoms with van der Waals surface area (Å²) in [5.74, 6) is 0. The van der Waals surface area contributed by atoms with Crippen LogP contribution in [0.1, 0.15) is 37.5 Å². The van der Waals surface area contributed by atoms with E-state index in [2.05, 4.69) is 77.6 Å². The number of rotatable bonds is 5. The summed E-state index contributed by atoms with van der Waals surface area (Å²) in [6.45, 7) is 6.67. The van der Waals surface area contributed by atoms with E-state index in [4.69, 9.17) is 0 Å². The lowest BCUT2D eigenvalue weighted by Gasteiger charge is -2.14. The van der Waals surface area contributed by atoms with E-state index in [1.807, 2.05) is 12.3 Å². The highest BCUT2D eigenvalue weighted by Crippen LogP contribution is 2.32. The number of aromatic amines is 1. The molecule has 0 radical (unpaired) electrons. The molecule has 0 amide bonds. The maximum atomic E-state index is 4.48. The largest absolute Gasteiger partial charge is 0.257 e. The van der Waals surface area contributed by atoms with Crippen LogP contribution in [0, 0.1) is 0 Å². The Hall–Kier alpha value is -3.01. The summed E-state index contributed by atoms with van der Waals surface area (Å²) in [6, 6.07) is 14.9. The molecule has 1 N–H and O–H groups in total. The Morgan fingerprint density at radius 1 is 0.852 bits per heavy atom. The molecule has 2 aromatic heterocycles. The lowest BCUT2D eigenvalue weighted by atomic mass is 9.91. The van der Waals surface area contributed by atoms with Crippen molar-refractivity contribution in [1.82, 2.24) is 20.4 Å². The fourth-order valence-electron chi connectivity index (χ4n) is 3.87. The van der Waals surface area contributed by atoms with Gasteiger partial charge in [-0.1, -0.05) is 44.2 Å². The number of aryl methyl sites for hydroxylation is 2. The van der Waals surface area contributed by atoms with Crippen molar-refractivity contribution in [3.8, 4) is 22.5 Å². The molecule has 0 aliphatic rings. The summed E-state index contributed by atoms with van der Waals surface area (Å²) in [7, 11) is 0. The van der Waals surface area contributed by atoms with Gasteiger partial charge >= 0.3 is 0 Å². The Morgan fingerprint density at radius 2 is 1.63 bits per heavy atom. The smallest absolute Gasteiger partial charge is 0.120 e. The van der Waals surface area contributed by atoms with Crippen molar-refractivity contribution in [3.05, 3.63) is 65.4 Å². The fraction of sp³-hybridized carbons (Fsp3) is 0.261. The second kappa shape index (κ2) is 7.31. The second-order valence-corrected chi connectivity index (χ2v) is 6.78. The van der Waals surface area contributed by atoms with Crippen molar-refractivity contribution in [3.63, 3.8) is 0 Å². The molecule has 136 valence electrons. The molecular weight excluding hydrogens is 332 g/mol. The van der Waals surface area contributed by atoms with Gasteiger partial charge < -0.3 is 0 Å². The van der Waals surface area contributed by atoms with E-state index < -0.39 is 0 Å². The van der Waals surface area contributed by atoms with E-state index in [1.165, 1.54) is 16.7 Å². The summed E-state index contributed by atoms with van der Waals surface area (Å²) in [6.07, 6.45) is 4.94. The lowest BCUT2D eigenvalue weighted by Crippen LogP contribution is -1.99. The quantitative estimate of drug-likeness (QED) is 0.523. The van der Waals surface area contributed by atoms with E-state index >= 15 is 0 Å². The van der Waals surface area contributed by atoms with Crippen molar-refractivity contribution in [2.24, 2.45) is 0 Å². The summed E-state index contributed by atoms with van der Waals surface area (Å²) >= 11 is 0.